The summed E-state index contributed by atoms with van der Waals surface area (Å²) in [6.07, 6.45) is 1.91. The van der Waals surface area contributed by atoms with Crippen LogP contribution in [0.5, 0.6) is 0 Å². The summed E-state index contributed by atoms with van der Waals surface area (Å²) in [6.45, 7) is 8.98. The van der Waals surface area contributed by atoms with Crippen LogP contribution in [-0.2, 0) is 4.79 Å². The second-order valence-corrected chi connectivity index (χ2v) is 3.93. The molecule has 1 amide bonds. The van der Waals surface area contributed by atoms with E-state index in [1.54, 1.807) is 4.90 Å². The van der Waals surface area contributed by atoms with Gasteiger partial charge in [0.05, 0.1) is 6.67 Å². The molecule has 0 saturated carbocycles. The minimum absolute atomic E-state index is 0.172. The Kier molecular flexibility index (Phi) is 2.18. The molecule has 3 nitrogen and oxygen atoms in total. The molecule has 0 aromatic carbocycles. The zero-order valence-corrected chi connectivity index (χ0v) is 7.42. The molecular formula is C8H15N2O. The molecule has 0 aliphatic carbocycles. The summed E-state index contributed by atoms with van der Waals surface area (Å²) in [4.78, 5) is 14.2. The molecule has 0 N–H and O–H groups in total. The van der Waals surface area contributed by atoms with Crippen LogP contribution in [-0.4, -0.2) is 41.5 Å². The van der Waals surface area contributed by atoms with E-state index in [1.165, 1.54) is 0 Å². The van der Waals surface area contributed by atoms with Crippen LogP contribution in [0.3, 0.4) is 0 Å². The highest BCUT2D eigenvalue weighted by Crippen LogP contribution is 2.16. The Labute approximate surface area is 68.0 Å². The summed E-state index contributed by atoms with van der Waals surface area (Å²) in [5, 5.41) is 0. The van der Waals surface area contributed by atoms with Crippen molar-refractivity contribution in [3.63, 3.8) is 0 Å². The van der Waals surface area contributed by atoms with Gasteiger partial charge in [0.25, 0.3) is 0 Å². The second kappa shape index (κ2) is 2.81. The lowest BCUT2D eigenvalue weighted by molar-refractivity contribution is 0.157. The summed E-state index contributed by atoms with van der Waals surface area (Å²) in [7, 11) is 0. The molecule has 1 saturated heterocycles. The molecule has 1 rings (SSSR count). The lowest BCUT2D eigenvalue weighted by Crippen LogP contribution is -2.40. The second-order valence-electron chi connectivity index (χ2n) is 3.93. The van der Waals surface area contributed by atoms with Crippen molar-refractivity contribution in [1.82, 2.24) is 9.80 Å². The zero-order valence-electron chi connectivity index (χ0n) is 7.42. The molecule has 0 aromatic rings. The standard InChI is InChI=1S/C8H15N2O/c1-8(2,3)10-5-4-9(6-10)7-11/h4-6H2,1-3H3. The number of carbonyl (C=O) groups excluding carboxylic acids is 1. The summed E-state index contributed by atoms with van der Waals surface area (Å²) in [5.74, 6) is 0. The van der Waals surface area contributed by atoms with Crippen LogP contribution in [0.15, 0.2) is 0 Å². The fourth-order valence-electron chi connectivity index (χ4n) is 1.21. The van der Waals surface area contributed by atoms with Crippen LogP contribution in [0, 0.1) is 0 Å². The van der Waals surface area contributed by atoms with Crippen molar-refractivity contribution in [3.05, 3.63) is 0 Å². The van der Waals surface area contributed by atoms with E-state index in [0.29, 0.717) is 0 Å². The molecule has 0 bridgehead atoms. The zero-order chi connectivity index (χ0) is 8.48. The largest absolute Gasteiger partial charge is 0.320 e. The molecule has 3 heteroatoms. The van der Waals surface area contributed by atoms with E-state index < -0.39 is 0 Å². The van der Waals surface area contributed by atoms with E-state index in [4.69, 9.17) is 0 Å². The Morgan fingerprint density at radius 3 is 2.18 bits per heavy atom. The first kappa shape index (κ1) is 8.53. The third-order valence-electron chi connectivity index (χ3n) is 2.06. The molecule has 1 radical (unpaired) electrons. The van der Waals surface area contributed by atoms with E-state index in [-0.39, 0.29) is 5.54 Å². The van der Waals surface area contributed by atoms with Crippen molar-refractivity contribution in [2.45, 2.75) is 26.3 Å². The quantitative estimate of drug-likeness (QED) is 0.548. The predicted molar refractivity (Wildman–Crippen MR) is 43.7 cm³/mol. The van der Waals surface area contributed by atoms with Crippen LogP contribution < -0.4 is 0 Å². The van der Waals surface area contributed by atoms with Crippen LogP contribution in [0.4, 0.5) is 0 Å². The van der Waals surface area contributed by atoms with Gasteiger partial charge in [0.2, 0.25) is 0 Å². The van der Waals surface area contributed by atoms with Gasteiger partial charge in [0, 0.05) is 18.6 Å². The monoisotopic (exact) mass is 155 g/mol. The van der Waals surface area contributed by atoms with Crippen LogP contribution in [0.25, 0.3) is 0 Å². The van der Waals surface area contributed by atoms with Crippen molar-refractivity contribution >= 4 is 6.41 Å². The maximum absolute atomic E-state index is 10.3. The maximum atomic E-state index is 10.3. The summed E-state index contributed by atoms with van der Waals surface area (Å²) < 4.78 is 0. The molecule has 0 atom stereocenters. The van der Waals surface area contributed by atoms with Crippen molar-refractivity contribution in [2.75, 3.05) is 19.8 Å². The maximum Gasteiger partial charge on any atom is 0.313 e. The third-order valence-corrected chi connectivity index (χ3v) is 2.06. The van der Waals surface area contributed by atoms with Gasteiger partial charge in [-0.15, -0.1) is 0 Å². The Morgan fingerprint density at radius 1 is 1.27 bits per heavy atom. The molecule has 11 heavy (non-hydrogen) atoms. The Hall–Kier alpha value is -0.570. The molecule has 63 valence electrons. The van der Waals surface area contributed by atoms with Gasteiger partial charge >= 0.3 is 6.41 Å². The van der Waals surface area contributed by atoms with Gasteiger partial charge in [-0.3, -0.25) is 9.69 Å². The third kappa shape index (κ3) is 1.93. The molecule has 0 aromatic heterocycles. The lowest BCUT2D eigenvalue weighted by atomic mass is 10.1. The van der Waals surface area contributed by atoms with Crippen molar-refractivity contribution in [3.8, 4) is 0 Å². The van der Waals surface area contributed by atoms with Gasteiger partial charge < -0.3 is 4.90 Å². The fourth-order valence-corrected chi connectivity index (χ4v) is 1.21. The van der Waals surface area contributed by atoms with Gasteiger partial charge in [-0.1, -0.05) is 0 Å². The number of rotatable bonds is 1. The number of hydrogen-bond acceptors (Lipinski definition) is 2. The summed E-state index contributed by atoms with van der Waals surface area (Å²) in [5.41, 5.74) is 0.172. The molecule has 0 spiro atoms. The van der Waals surface area contributed by atoms with Gasteiger partial charge in [0.15, 0.2) is 0 Å². The van der Waals surface area contributed by atoms with Crippen LogP contribution >= 0.6 is 0 Å². The minimum Gasteiger partial charge on any atom is -0.320 e. The van der Waals surface area contributed by atoms with Crippen molar-refractivity contribution in [2.24, 2.45) is 0 Å². The first-order valence-corrected chi connectivity index (χ1v) is 3.92. The first-order valence-electron chi connectivity index (χ1n) is 3.92. The van der Waals surface area contributed by atoms with Crippen molar-refractivity contribution < 1.29 is 4.79 Å². The van der Waals surface area contributed by atoms with Crippen LogP contribution in [0.2, 0.25) is 0 Å². The molecule has 1 aliphatic rings. The summed E-state index contributed by atoms with van der Waals surface area (Å²) >= 11 is 0. The summed E-state index contributed by atoms with van der Waals surface area (Å²) in [6, 6.07) is 0. The highest BCUT2D eigenvalue weighted by atomic mass is 16.1. The smallest absolute Gasteiger partial charge is 0.313 e. The molecule has 1 fully saturated rings. The molecule has 1 aliphatic heterocycles. The lowest BCUT2D eigenvalue weighted by Gasteiger charge is -2.30. The van der Waals surface area contributed by atoms with Crippen molar-refractivity contribution in [1.29, 1.82) is 0 Å². The van der Waals surface area contributed by atoms with E-state index in [1.807, 2.05) is 6.41 Å². The first-order chi connectivity index (χ1) is 5.04. The van der Waals surface area contributed by atoms with E-state index in [0.717, 1.165) is 19.8 Å². The van der Waals surface area contributed by atoms with Gasteiger partial charge in [-0.25, -0.2) is 0 Å². The average molecular weight is 155 g/mol. The fraction of sp³-hybridized carbons (Fsp3) is 0.875. The van der Waals surface area contributed by atoms with E-state index in [2.05, 4.69) is 25.7 Å². The number of nitrogens with zero attached hydrogens (tertiary/aromatic N) is 2. The number of hydrogen-bond donors (Lipinski definition) is 0. The topological polar surface area (TPSA) is 23.6 Å². The Morgan fingerprint density at radius 2 is 1.91 bits per heavy atom. The highest BCUT2D eigenvalue weighted by Gasteiger charge is 2.27. The Bertz CT molecular complexity index is 151. The van der Waals surface area contributed by atoms with E-state index in [9.17, 15) is 4.79 Å². The average Bonchev–Trinajstić information content (AvgIpc) is 2.32. The van der Waals surface area contributed by atoms with E-state index >= 15 is 0 Å². The molecular weight excluding hydrogens is 140 g/mol. The number of amides is 1. The van der Waals surface area contributed by atoms with Gasteiger partial charge in [-0.2, -0.15) is 0 Å². The predicted octanol–water partition coefficient (Wildman–Crippen LogP) is 0.427. The SMILES string of the molecule is CC(C)(C)N1CCN([C]=O)C1. The normalized spacial score (nSPS) is 20.8. The highest BCUT2D eigenvalue weighted by molar-refractivity contribution is 5.48. The molecule has 0 unspecified atom stereocenters. The van der Waals surface area contributed by atoms with Crippen LogP contribution in [0.1, 0.15) is 20.8 Å². The molecule has 1 heterocycles. The minimum atomic E-state index is 0.172. The van der Waals surface area contributed by atoms with Gasteiger partial charge in [0.1, 0.15) is 0 Å². The van der Waals surface area contributed by atoms with Gasteiger partial charge in [-0.05, 0) is 20.8 Å². The Balaban J connectivity index is 2.48.